The average molecular weight is 344 g/mol. The third kappa shape index (κ3) is 5.91. The van der Waals surface area contributed by atoms with Crippen LogP contribution in [0.1, 0.15) is 21.5 Å². The van der Waals surface area contributed by atoms with E-state index in [9.17, 15) is 14.0 Å². The van der Waals surface area contributed by atoms with E-state index >= 15 is 0 Å². The Kier molecular flexibility index (Phi) is 6.51. The van der Waals surface area contributed by atoms with Gasteiger partial charge < -0.3 is 15.4 Å². The fourth-order valence-corrected chi connectivity index (χ4v) is 2.11. The molecule has 0 spiro atoms. The number of carbonyl (C=O) groups is 2. The Morgan fingerprint density at radius 1 is 1.00 bits per heavy atom. The van der Waals surface area contributed by atoms with Crippen LogP contribution in [0.25, 0.3) is 0 Å². The average Bonchev–Trinajstić information content (AvgIpc) is 2.59. The van der Waals surface area contributed by atoms with Gasteiger partial charge in [-0.2, -0.15) is 0 Å². The molecule has 2 N–H and O–H groups in total. The van der Waals surface area contributed by atoms with Crippen molar-refractivity contribution in [1.29, 1.82) is 0 Å². The Labute approximate surface area is 146 Å². The molecule has 2 rings (SSSR count). The van der Waals surface area contributed by atoms with E-state index in [4.69, 9.17) is 4.74 Å². The molecule has 0 saturated heterocycles. The van der Waals surface area contributed by atoms with Crippen LogP contribution in [-0.2, 0) is 4.79 Å². The molecule has 2 aromatic carbocycles. The van der Waals surface area contributed by atoms with Crippen molar-refractivity contribution in [2.45, 2.75) is 13.8 Å². The van der Waals surface area contributed by atoms with Crippen LogP contribution in [0.4, 0.5) is 4.39 Å². The molecule has 2 amide bonds. The summed E-state index contributed by atoms with van der Waals surface area (Å²) in [5.41, 5.74) is 2.49. The van der Waals surface area contributed by atoms with Crippen molar-refractivity contribution < 1.29 is 18.7 Å². The Balaban J connectivity index is 1.66. The molecule has 0 saturated carbocycles. The lowest BCUT2D eigenvalue weighted by Crippen LogP contribution is -2.36. The first-order chi connectivity index (χ1) is 12.0. The van der Waals surface area contributed by atoms with Crippen molar-refractivity contribution >= 4 is 11.8 Å². The summed E-state index contributed by atoms with van der Waals surface area (Å²) in [6.07, 6.45) is 0. The summed E-state index contributed by atoms with van der Waals surface area (Å²) in [6, 6.07) is 11.0. The van der Waals surface area contributed by atoms with E-state index in [0.29, 0.717) is 5.75 Å². The lowest BCUT2D eigenvalue weighted by atomic mass is 10.1. The third-order valence-electron chi connectivity index (χ3n) is 3.67. The van der Waals surface area contributed by atoms with Crippen LogP contribution >= 0.6 is 0 Å². The molecule has 0 heterocycles. The number of hydrogen-bond donors (Lipinski definition) is 2. The third-order valence-corrected chi connectivity index (χ3v) is 3.67. The van der Waals surface area contributed by atoms with Gasteiger partial charge in [-0.25, -0.2) is 4.39 Å². The number of amides is 2. The molecule has 0 fully saturated rings. The first-order valence-corrected chi connectivity index (χ1v) is 7.96. The van der Waals surface area contributed by atoms with Gasteiger partial charge in [0.1, 0.15) is 11.6 Å². The summed E-state index contributed by atoms with van der Waals surface area (Å²) in [5, 5.41) is 5.25. The number of hydrogen-bond acceptors (Lipinski definition) is 3. The van der Waals surface area contributed by atoms with E-state index in [0.717, 1.165) is 17.2 Å². The maximum Gasteiger partial charge on any atom is 0.258 e. The van der Waals surface area contributed by atoms with Crippen molar-refractivity contribution in [1.82, 2.24) is 10.6 Å². The summed E-state index contributed by atoms with van der Waals surface area (Å²) in [4.78, 5) is 23.5. The van der Waals surface area contributed by atoms with E-state index in [2.05, 4.69) is 10.6 Å². The fourth-order valence-electron chi connectivity index (χ4n) is 2.11. The smallest absolute Gasteiger partial charge is 0.258 e. The second-order valence-electron chi connectivity index (χ2n) is 5.65. The van der Waals surface area contributed by atoms with Crippen LogP contribution in [0.15, 0.2) is 42.5 Å². The molecule has 0 aliphatic rings. The van der Waals surface area contributed by atoms with Gasteiger partial charge in [0.25, 0.3) is 11.8 Å². The highest BCUT2D eigenvalue weighted by Crippen LogP contribution is 2.16. The molecule has 0 atom stereocenters. The van der Waals surface area contributed by atoms with Gasteiger partial charge in [-0.15, -0.1) is 0 Å². The molecular formula is C19H21FN2O3. The van der Waals surface area contributed by atoms with Crippen molar-refractivity contribution in [2.75, 3.05) is 19.7 Å². The number of nitrogens with one attached hydrogen (secondary N) is 2. The first-order valence-electron chi connectivity index (χ1n) is 7.96. The number of aryl methyl sites for hydroxylation is 2. The Bertz CT molecular complexity index is 762. The minimum atomic E-state index is -0.468. The van der Waals surface area contributed by atoms with E-state index in [1.54, 1.807) is 0 Å². The lowest BCUT2D eigenvalue weighted by molar-refractivity contribution is -0.123. The zero-order chi connectivity index (χ0) is 18.2. The van der Waals surface area contributed by atoms with Crippen LogP contribution in [-0.4, -0.2) is 31.5 Å². The van der Waals surface area contributed by atoms with Crippen molar-refractivity contribution in [3.8, 4) is 5.75 Å². The highest BCUT2D eigenvalue weighted by Gasteiger charge is 2.07. The van der Waals surface area contributed by atoms with Crippen molar-refractivity contribution in [3.05, 3.63) is 65.0 Å². The Hall–Kier alpha value is -2.89. The molecule has 132 valence electrons. The topological polar surface area (TPSA) is 67.4 Å². The number of halogens is 1. The van der Waals surface area contributed by atoms with E-state index in [1.807, 2.05) is 32.0 Å². The quantitative estimate of drug-likeness (QED) is 0.758. The van der Waals surface area contributed by atoms with E-state index in [-0.39, 0.29) is 37.1 Å². The summed E-state index contributed by atoms with van der Waals surface area (Å²) in [6.45, 7) is 4.38. The second kappa shape index (κ2) is 8.82. The summed E-state index contributed by atoms with van der Waals surface area (Å²) in [5.74, 6) is -0.500. The number of rotatable bonds is 7. The van der Waals surface area contributed by atoms with Gasteiger partial charge in [0.2, 0.25) is 0 Å². The standard InChI is InChI=1S/C19H21FN2O3/c1-13-6-7-17(10-14(13)2)25-12-18(23)21-8-9-22-19(24)15-4-3-5-16(20)11-15/h3-7,10-11H,8-9,12H2,1-2H3,(H,21,23)(H,22,24). The highest BCUT2D eigenvalue weighted by molar-refractivity contribution is 5.94. The fraction of sp³-hybridized carbons (Fsp3) is 0.263. The molecule has 0 aromatic heterocycles. The van der Waals surface area contributed by atoms with Gasteiger partial charge in [-0.05, 0) is 55.3 Å². The Morgan fingerprint density at radius 2 is 1.76 bits per heavy atom. The molecule has 25 heavy (non-hydrogen) atoms. The van der Waals surface area contributed by atoms with Gasteiger partial charge in [0.15, 0.2) is 6.61 Å². The maximum atomic E-state index is 13.0. The lowest BCUT2D eigenvalue weighted by Gasteiger charge is -2.09. The summed E-state index contributed by atoms with van der Waals surface area (Å²) in [7, 11) is 0. The first kappa shape index (κ1) is 18.4. The van der Waals surface area contributed by atoms with Gasteiger partial charge in [0.05, 0.1) is 0 Å². The molecular weight excluding hydrogens is 323 g/mol. The van der Waals surface area contributed by atoms with Gasteiger partial charge in [-0.1, -0.05) is 12.1 Å². The maximum absolute atomic E-state index is 13.0. The normalized spacial score (nSPS) is 10.2. The molecule has 0 aliphatic carbocycles. The SMILES string of the molecule is Cc1ccc(OCC(=O)NCCNC(=O)c2cccc(F)c2)cc1C. The predicted octanol–water partition coefficient (Wildman–Crippen LogP) is 2.37. The molecule has 0 aliphatic heterocycles. The highest BCUT2D eigenvalue weighted by atomic mass is 19.1. The number of ether oxygens (including phenoxy) is 1. The second-order valence-corrected chi connectivity index (χ2v) is 5.65. The van der Waals surface area contributed by atoms with Crippen molar-refractivity contribution in [3.63, 3.8) is 0 Å². The molecule has 0 radical (unpaired) electrons. The summed E-state index contributed by atoms with van der Waals surface area (Å²) >= 11 is 0. The van der Waals surface area contributed by atoms with Crippen LogP contribution in [0.5, 0.6) is 5.75 Å². The minimum absolute atomic E-state index is 0.0969. The molecule has 0 bridgehead atoms. The van der Waals surface area contributed by atoms with E-state index in [1.165, 1.54) is 18.2 Å². The summed E-state index contributed by atoms with van der Waals surface area (Å²) < 4.78 is 18.5. The van der Waals surface area contributed by atoms with E-state index < -0.39 is 5.82 Å². The zero-order valence-electron chi connectivity index (χ0n) is 14.3. The predicted molar refractivity (Wildman–Crippen MR) is 93.2 cm³/mol. The number of carbonyl (C=O) groups excluding carboxylic acids is 2. The van der Waals surface area contributed by atoms with Gasteiger partial charge in [0, 0.05) is 18.7 Å². The van der Waals surface area contributed by atoms with Gasteiger partial charge >= 0.3 is 0 Å². The Morgan fingerprint density at radius 3 is 2.48 bits per heavy atom. The molecule has 6 heteroatoms. The van der Waals surface area contributed by atoms with Crippen LogP contribution in [0, 0.1) is 19.7 Å². The monoisotopic (exact) mass is 344 g/mol. The van der Waals surface area contributed by atoms with Gasteiger partial charge in [-0.3, -0.25) is 9.59 Å². The van der Waals surface area contributed by atoms with Crippen LogP contribution in [0.2, 0.25) is 0 Å². The molecule has 2 aromatic rings. The molecule has 0 unspecified atom stereocenters. The van der Waals surface area contributed by atoms with Crippen molar-refractivity contribution in [2.24, 2.45) is 0 Å². The largest absolute Gasteiger partial charge is 0.484 e. The zero-order valence-corrected chi connectivity index (χ0v) is 14.3. The minimum Gasteiger partial charge on any atom is -0.484 e. The number of benzene rings is 2. The van der Waals surface area contributed by atoms with Crippen LogP contribution in [0.3, 0.4) is 0 Å². The van der Waals surface area contributed by atoms with Crippen LogP contribution < -0.4 is 15.4 Å². The molecule has 5 nitrogen and oxygen atoms in total.